The molecule has 0 N–H and O–H groups in total. The Morgan fingerprint density at radius 1 is 0.306 bits per heavy atom. The number of unbranched alkanes of at least 4 members (excludes halogenated alkanes) is 42. The molecule has 0 fully saturated rings. The molecule has 0 bridgehead atoms. The van der Waals surface area contributed by atoms with E-state index in [9.17, 15) is 0 Å². The number of para-hydroxylation sites is 2. The van der Waals surface area contributed by atoms with E-state index in [4.69, 9.17) is 9.98 Å². The van der Waals surface area contributed by atoms with Gasteiger partial charge in [0.05, 0.1) is 17.1 Å². The summed E-state index contributed by atoms with van der Waals surface area (Å²) in [5, 5.41) is 0. The van der Waals surface area contributed by atoms with Crippen molar-refractivity contribution in [2.45, 2.75) is 335 Å². The van der Waals surface area contributed by atoms with Gasteiger partial charge in [-0.2, -0.15) is 0 Å². The number of rotatable bonds is 54. The lowest BCUT2D eigenvalue weighted by Crippen LogP contribution is -1.98. The van der Waals surface area contributed by atoms with Crippen LogP contribution >= 0.6 is 0 Å². The van der Waals surface area contributed by atoms with Crippen molar-refractivity contribution in [3.8, 4) is 0 Å². The van der Waals surface area contributed by atoms with Gasteiger partial charge in [0.1, 0.15) is 0 Å². The van der Waals surface area contributed by atoms with Crippen LogP contribution in [0.4, 0.5) is 11.4 Å². The molecule has 0 atom stereocenters. The maximum absolute atomic E-state index is 5.13. The highest BCUT2D eigenvalue weighted by Crippen LogP contribution is 2.24. The predicted molar refractivity (Wildman–Crippen MR) is 328 cm³/mol. The molecule has 2 rings (SSSR count). The fourth-order valence-electron chi connectivity index (χ4n) is 10.5. The van der Waals surface area contributed by atoms with E-state index in [1.54, 1.807) is 0 Å². The molecular weight excluding hydrogens is 869 g/mol. The minimum Gasteiger partial charge on any atom is -0.255 e. The molecule has 0 saturated carbocycles. The first-order valence-electron chi connectivity index (χ1n) is 32.4. The minimum atomic E-state index is 0.863. The molecular formula is C70H120N2. The van der Waals surface area contributed by atoms with Gasteiger partial charge in [0.15, 0.2) is 0 Å². The molecule has 0 aliphatic rings. The highest BCUT2D eigenvalue weighted by molar-refractivity contribution is 6.31. The average Bonchev–Trinajstić information content (AvgIpc) is 3.40. The van der Waals surface area contributed by atoms with Crippen molar-refractivity contribution < 1.29 is 0 Å². The van der Waals surface area contributed by atoms with E-state index < -0.39 is 0 Å². The third kappa shape index (κ3) is 41.6. The summed E-state index contributed by atoms with van der Waals surface area (Å²) in [6.07, 6.45) is 79.7. The third-order valence-electron chi connectivity index (χ3n) is 15.4. The number of hydrogen-bond acceptors (Lipinski definition) is 2. The monoisotopic (exact) mass is 989 g/mol. The summed E-state index contributed by atoms with van der Waals surface area (Å²) in [5.41, 5.74) is 5.85. The van der Waals surface area contributed by atoms with Crippen LogP contribution in [-0.4, -0.2) is 11.9 Å². The van der Waals surface area contributed by atoms with Crippen LogP contribution in [-0.2, 0) is 12.8 Å². The molecule has 0 spiro atoms. The second kappa shape index (κ2) is 53.1. The van der Waals surface area contributed by atoms with Crippen molar-refractivity contribution in [1.29, 1.82) is 0 Å². The van der Waals surface area contributed by atoms with Crippen LogP contribution in [0.3, 0.4) is 0 Å². The topological polar surface area (TPSA) is 24.7 Å². The van der Waals surface area contributed by atoms with Crippen molar-refractivity contribution in [3.63, 3.8) is 0 Å². The van der Waals surface area contributed by atoms with Crippen molar-refractivity contribution in [3.05, 3.63) is 84.0 Å². The molecule has 0 heterocycles. The van der Waals surface area contributed by atoms with Crippen LogP contribution in [0, 0.1) is 0 Å². The van der Waals surface area contributed by atoms with Gasteiger partial charge in [-0.1, -0.05) is 338 Å². The molecule has 0 unspecified atom stereocenters. The Labute approximate surface area is 450 Å². The predicted octanol–water partition coefficient (Wildman–Crippen LogP) is 24.8. The van der Waals surface area contributed by atoms with E-state index in [2.05, 4.69) is 93.6 Å². The molecule has 2 aromatic rings. The molecule has 0 radical (unpaired) electrons. The lowest BCUT2D eigenvalue weighted by molar-refractivity contribution is 0.520. The SMILES string of the molecule is CCCCCCCCCCCCCCCCCCCCCCC/C=C/CCc1ccccc1N=CC(CC)=Nc1ccccc1CC/C=C/CCCCCCCCCCCCCCCCCCCCCCC. The summed E-state index contributed by atoms with van der Waals surface area (Å²) in [6, 6.07) is 17.4. The van der Waals surface area contributed by atoms with Gasteiger partial charge in [-0.05, 0) is 81.0 Å². The standard InChI is InChI=1S/C70H120N2/c1-4-7-9-11-13-15-17-19-21-23-25-27-29-31-33-35-37-39-41-43-45-47-49-51-53-59-66-61-55-57-63-69(66)71-65-68(6-3)72-70-64-58-56-62-67(70)60-54-52-50-48-46-44-42-40-38-36-34-32-30-28-26-24-22-20-18-16-14-12-10-8-5-2/h49-52,55-58,61-65H,4-48,53-54,59-60H2,1-3H3/b51-49+,52-50+,71-65?,72-68?. The quantitative estimate of drug-likeness (QED) is 0.0358. The van der Waals surface area contributed by atoms with Crippen LogP contribution in [0.5, 0.6) is 0 Å². The summed E-state index contributed by atoms with van der Waals surface area (Å²) in [5.74, 6) is 0. The van der Waals surface area contributed by atoms with E-state index >= 15 is 0 Å². The molecule has 0 amide bonds. The highest BCUT2D eigenvalue weighted by Gasteiger charge is 2.04. The first kappa shape index (κ1) is 65.4. The summed E-state index contributed by atoms with van der Waals surface area (Å²) in [6.45, 7) is 6.81. The van der Waals surface area contributed by atoms with Gasteiger partial charge in [0, 0.05) is 6.21 Å². The van der Waals surface area contributed by atoms with E-state index in [-0.39, 0.29) is 0 Å². The minimum absolute atomic E-state index is 0.863. The van der Waals surface area contributed by atoms with Crippen LogP contribution in [0.1, 0.15) is 334 Å². The largest absolute Gasteiger partial charge is 0.255 e. The Kier molecular flexibility index (Phi) is 48.2. The zero-order valence-corrected chi connectivity index (χ0v) is 48.5. The van der Waals surface area contributed by atoms with Crippen molar-refractivity contribution >= 4 is 23.3 Å². The number of aryl methyl sites for hydroxylation is 2. The summed E-state index contributed by atoms with van der Waals surface area (Å²) < 4.78 is 0. The number of benzene rings is 2. The lowest BCUT2D eigenvalue weighted by atomic mass is 10.0. The Balaban J connectivity index is 1.48. The molecule has 0 aliphatic heterocycles. The summed E-state index contributed by atoms with van der Waals surface area (Å²) in [7, 11) is 0. The average molecular weight is 990 g/mol. The highest BCUT2D eigenvalue weighted by atomic mass is 14.8. The Morgan fingerprint density at radius 2 is 0.569 bits per heavy atom. The number of aliphatic imine (C=N–C) groups is 2. The van der Waals surface area contributed by atoms with E-state index in [1.165, 1.54) is 294 Å². The van der Waals surface area contributed by atoms with Crippen LogP contribution in [0.15, 0.2) is 82.8 Å². The maximum Gasteiger partial charge on any atom is 0.0665 e. The van der Waals surface area contributed by atoms with Crippen molar-refractivity contribution in [2.24, 2.45) is 9.98 Å². The fourth-order valence-corrected chi connectivity index (χ4v) is 10.5. The zero-order valence-electron chi connectivity index (χ0n) is 48.5. The zero-order chi connectivity index (χ0) is 51.1. The first-order valence-corrected chi connectivity index (χ1v) is 32.4. The summed E-state index contributed by atoms with van der Waals surface area (Å²) in [4.78, 5) is 10.1. The second-order valence-corrected chi connectivity index (χ2v) is 22.2. The normalized spacial score (nSPS) is 12.2. The molecule has 2 aromatic carbocycles. The van der Waals surface area contributed by atoms with Gasteiger partial charge in [-0.15, -0.1) is 0 Å². The van der Waals surface area contributed by atoms with Gasteiger partial charge in [-0.3, -0.25) is 9.98 Å². The molecule has 0 aliphatic carbocycles. The van der Waals surface area contributed by atoms with E-state index in [0.29, 0.717) is 0 Å². The van der Waals surface area contributed by atoms with Crippen LogP contribution in [0.25, 0.3) is 0 Å². The molecule has 0 aromatic heterocycles. The van der Waals surface area contributed by atoms with Crippen LogP contribution < -0.4 is 0 Å². The Bertz CT molecular complexity index is 1550. The Morgan fingerprint density at radius 3 is 0.889 bits per heavy atom. The molecule has 2 nitrogen and oxygen atoms in total. The van der Waals surface area contributed by atoms with Crippen molar-refractivity contribution in [1.82, 2.24) is 0 Å². The fraction of sp³-hybridized carbons (Fsp3) is 0.743. The van der Waals surface area contributed by atoms with Gasteiger partial charge >= 0.3 is 0 Å². The van der Waals surface area contributed by atoms with Gasteiger partial charge in [0.25, 0.3) is 0 Å². The second-order valence-electron chi connectivity index (χ2n) is 22.2. The van der Waals surface area contributed by atoms with Gasteiger partial charge in [0.2, 0.25) is 0 Å². The molecule has 2 heteroatoms. The van der Waals surface area contributed by atoms with Crippen molar-refractivity contribution in [2.75, 3.05) is 0 Å². The molecule has 0 saturated heterocycles. The summed E-state index contributed by atoms with van der Waals surface area (Å²) >= 11 is 0. The maximum atomic E-state index is 5.13. The first-order chi connectivity index (χ1) is 35.8. The molecule has 410 valence electrons. The van der Waals surface area contributed by atoms with Crippen LogP contribution in [0.2, 0.25) is 0 Å². The number of nitrogens with zero attached hydrogens (tertiary/aromatic N) is 2. The molecule has 72 heavy (non-hydrogen) atoms. The van der Waals surface area contributed by atoms with Gasteiger partial charge in [-0.25, -0.2) is 0 Å². The van der Waals surface area contributed by atoms with Gasteiger partial charge < -0.3 is 0 Å². The smallest absolute Gasteiger partial charge is 0.0665 e. The third-order valence-corrected chi connectivity index (χ3v) is 15.4. The lowest BCUT2D eigenvalue weighted by Gasteiger charge is -2.06. The number of hydrogen-bond donors (Lipinski definition) is 0. The van der Waals surface area contributed by atoms with E-state index in [0.717, 1.165) is 49.2 Å². The van der Waals surface area contributed by atoms with E-state index in [1.807, 2.05) is 6.21 Å². The Hall–Kier alpha value is -2.74. The number of allylic oxidation sites excluding steroid dienone is 4.